The highest BCUT2D eigenvalue weighted by atomic mass is 35.5. The van der Waals surface area contributed by atoms with Crippen molar-refractivity contribution >= 4 is 23.6 Å². The van der Waals surface area contributed by atoms with Crippen LogP contribution in [0.25, 0.3) is 6.08 Å². The molecule has 0 aromatic heterocycles. The van der Waals surface area contributed by atoms with E-state index < -0.39 is 0 Å². The summed E-state index contributed by atoms with van der Waals surface area (Å²) in [6.07, 6.45) is 6.65. The fraction of sp³-hybridized carbons (Fsp3) is 0.133. The van der Waals surface area contributed by atoms with Crippen LogP contribution < -0.4 is 0 Å². The zero-order valence-corrected chi connectivity index (χ0v) is 10.9. The van der Waals surface area contributed by atoms with Gasteiger partial charge in [0.05, 0.1) is 0 Å². The number of carbonyl (C=O) groups is 1. The lowest BCUT2D eigenvalue weighted by atomic mass is 10.2. The van der Waals surface area contributed by atoms with E-state index in [2.05, 4.69) is 13.2 Å². The molecule has 0 atom stereocenters. The number of benzene rings is 1. The third-order valence-electron chi connectivity index (χ3n) is 2.28. The maximum atomic E-state index is 11.9. The van der Waals surface area contributed by atoms with Gasteiger partial charge in [-0.3, -0.25) is 4.79 Å². The van der Waals surface area contributed by atoms with E-state index in [-0.39, 0.29) is 5.91 Å². The molecular weight excluding hydrogens is 246 g/mol. The first kappa shape index (κ1) is 14.3. The Morgan fingerprint density at radius 2 is 1.94 bits per heavy atom. The van der Waals surface area contributed by atoms with Crippen molar-refractivity contribution in [2.24, 2.45) is 0 Å². The van der Waals surface area contributed by atoms with Crippen molar-refractivity contribution in [2.75, 3.05) is 13.1 Å². The summed E-state index contributed by atoms with van der Waals surface area (Å²) in [6, 6.07) is 7.33. The third kappa shape index (κ3) is 4.60. The Kier molecular flexibility index (Phi) is 5.95. The van der Waals surface area contributed by atoms with E-state index in [9.17, 15) is 4.79 Å². The van der Waals surface area contributed by atoms with Gasteiger partial charge in [-0.05, 0) is 23.8 Å². The molecule has 2 nitrogen and oxygen atoms in total. The molecule has 0 heterocycles. The molecular formula is C15H16ClNO. The van der Waals surface area contributed by atoms with Crippen LogP contribution in [0.2, 0.25) is 5.02 Å². The smallest absolute Gasteiger partial charge is 0.247 e. The summed E-state index contributed by atoms with van der Waals surface area (Å²) in [4.78, 5) is 13.5. The van der Waals surface area contributed by atoms with Gasteiger partial charge in [-0.15, -0.1) is 13.2 Å². The van der Waals surface area contributed by atoms with Gasteiger partial charge in [0, 0.05) is 24.2 Å². The molecule has 3 heteroatoms. The Hall–Kier alpha value is -1.80. The van der Waals surface area contributed by atoms with Gasteiger partial charge in [0.1, 0.15) is 0 Å². The van der Waals surface area contributed by atoms with Gasteiger partial charge in [0.2, 0.25) is 5.91 Å². The minimum absolute atomic E-state index is 0.0743. The summed E-state index contributed by atoms with van der Waals surface area (Å²) in [6.45, 7) is 8.26. The Balaban J connectivity index is 2.72. The topological polar surface area (TPSA) is 20.3 Å². The van der Waals surface area contributed by atoms with Gasteiger partial charge in [-0.2, -0.15) is 0 Å². The molecule has 1 aromatic carbocycles. The van der Waals surface area contributed by atoms with Crippen LogP contribution in [0.5, 0.6) is 0 Å². The quantitative estimate of drug-likeness (QED) is 0.566. The van der Waals surface area contributed by atoms with Crippen molar-refractivity contribution in [3.8, 4) is 0 Å². The van der Waals surface area contributed by atoms with Gasteiger partial charge < -0.3 is 4.90 Å². The summed E-state index contributed by atoms with van der Waals surface area (Å²) < 4.78 is 0. The van der Waals surface area contributed by atoms with Crippen molar-refractivity contribution in [2.45, 2.75) is 0 Å². The second-order valence-electron chi connectivity index (χ2n) is 3.71. The molecule has 0 fully saturated rings. The summed E-state index contributed by atoms with van der Waals surface area (Å²) in [5.41, 5.74) is 0.896. The average Bonchev–Trinajstić information content (AvgIpc) is 2.36. The SMILES string of the molecule is C=CCN(CC=C)C(=O)/C=C/c1cccc(Cl)c1. The molecule has 0 aliphatic rings. The second kappa shape index (κ2) is 7.51. The summed E-state index contributed by atoms with van der Waals surface area (Å²) in [7, 11) is 0. The number of carbonyl (C=O) groups excluding carboxylic acids is 1. The summed E-state index contributed by atoms with van der Waals surface area (Å²) in [5, 5.41) is 0.652. The Labute approximate surface area is 113 Å². The molecule has 0 unspecified atom stereocenters. The number of hydrogen-bond acceptors (Lipinski definition) is 1. The molecule has 0 saturated carbocycles. The van der Waals surface area contributed by atoms with Gasteiger partial charge in [-0.1, -0.05) is 35.9 Å². The van der Waals surface area contributed by atoms with Crippen molar-refractivity contribution in [3.63, 3.8) is 0 Å². The number of amides is 1. The van der Waals surface area contributed by atoms with Crippen LogP contribution in [-0.2, 0) is 4.79 Å². The molecule has 18 heavy (non-hydrogen) atoms. The van der Waals surface area contributed by atoms with E-state index in [1.807, 2.05) is 12.1 Å². The van der Waals surface area contributed by atoms with Crippen molar-refractivity contribution in [1.82, 2.24) is 4.90 Å². The lowest BCUT2D eigenvalue weighted by Gasteiger charge is -2.16. The number of halogens is 1. The number of rotatable bonds is 6. The van der Waals surface area contributed by atoms with Crippen LogP contribution in [-0.4, -0.2) is 23.9 Å². The van der Waals surface area contributed by atoms with Gasteiger partial charge >= 0.3 is 0 Å². The second-order valence-corrected chi connectivity index (χ2v) is 4.15. The fourth-order valence-electron chi connectivity index (χ4n) is 1.45. The zero-order chi connectivity index (χ0) is 13.4. The standard InChI is InChI=1S/C15H16ClNO/c1-3-10-17(11-4-2)15(18)9-8-13-6-5-7-14(16)12-13/h3-9,12H,1-2,10-11H2/b9-8+. The highest BCUT2D eigenvalue weighted by molar-refractivity contribution is 6.30. The molecule has 0 saturated heterocycles. The minimum Gasteiger partial charge on any atom is -0.332 e. The Morgan fingerprint density at radius 3 is 2.50 bits per heavy atom. The van der Waals surface area contributed by atoms with E-state index in [4.69, 9.17) is 11.6 Å². The molecule has 0 N–H and O–H groups in total. The minimum atomic E-state index is -0.0743. The van der Waals surface area contributed by atoms with Crippen molar-refractivity contribution in [3.05, 3.63) is 66.2 Å². The first-order valence-corrected chi connectivity index (χ1v) is 5.99. The predicted octanol–water partition coefficient (Wildman–Crippen LogP) is 3.55. The summed E-state index contributed by atoms with van der Waals surface area (Å²) >= 11 is 5.87. The predicted molar refractivity (Wildman–Crippen MR) is 77.5 cm³/mol. The molecule has 1 rings (SSSR count). The van der Waals surface area contributed by atoms with Crippen LogP contribution in [0.1, 0.15) is 5.56 Å². The highest BCUT2D eigenvalue weighted by Gasteiger charge is 2.05. The zero-order valence-electron chi connectivity index (χ0n) is 10.2. The number of hydrogen-bond donors (Lipinski definition) is 0. The lowest BCUT2D eigenvalue weighted by molar-refractivity contribution is -0.124. The maximum Gasteiger partial charge on any atom is 0.247 e. The van der Waals surface area contributed by atoms with E-state index in [0.29, 0.717) is 18.1 Å². The normalized spacial score (nSPS) is 10.3. The average molecular weight is 262 g/mol. The van der Waals surface area contributed by atoms with Crippen LogP contribution in [0.15, 0.2) is 55.7 Å². The van der Waals surface area contributed by atoms with Crippen LogP contribution >= 0.6 is 11.6 Å². The van der Waals surface area contributed by atoms with E-state index in [0.717, 1.165) is 5.56 Å². The van der Waals surface area contributed by atoms with Gasteiger partial charge in [0.15, 0.2) is 0 Å². The highest BCUT2D eigenvalue weighted by Crippen LogP contribution is 2.11. The van der Waals surface area contributed by atoms with Gasteiger partial charge in [-0.25, -0.2) is 0 Å². The molecule has 0 bridgehead atoms. The molecule has 1 amide bonds. The van der Waals surface area contributed by atoms with Crippen molar-refractivity contribution in [1.29, 1.82) is 0 Å². The first-order valence-electron chi connectivity index (χ1n) is 5.61. The lowest BCUT2D eigenvalue weighted by Crippen LogP contribution is -2.29. The van der Waals surface area contributed by atoms with E-state index in [1.165, 1.54) is 6.08 Å². The monoisotopic (exact) mass is 261 g/mol. The van der Waals surface area contributed by atoms with Crippen LogP contribution in [0.3, 0.4) is 0 Å². The van der Waals surface area contributed by atoms with Gasteiger partial charge in [0.25, 0.3) is 0 Å². The molecule has 1 aromatic rings. The Morgan fingerprint density at radius 1 is 1.28 bits per heavy atom. The molecule has 94 valence electrons. The number of nitrogens with zero attached hydrogens (tertiary/aromatic N) is 1. The Bertz CT molecular complexity index is 455. The van der Waals surface area contributed by atoms with E-state index in [1.54, 1.807) is 35.3 Å². The van der Waals surface area contributed by atoms with Crippen LogP contribution in [0, 0.1) is 0 Å². The molecule has 0 aliphatic carbocycles. The van der Waals surface area contributed by atoms with Crippen molar-refractivity contribution < 1.29 is 4.79 Å². The summed E-state index contributed by atoms with van der Waals surface area (Å²) in [5.74, 6) is -0.0743. The fourth-order valence-corrected chi connectivity index (χ4v) is 1.65. The third-order valence-corrected chi connectivity index (χ3v) is 2.51. The van der Waals surface area contributed by atoms with Crippen LogP contribution in [0.4, 0.5) is 0 Å². The maximum absolute atomic E-state index is 11.9. The molecule has 0 spiro atoms. The largest absolute Gasteiger partial charge is 0.332 e. The first-order chi connectivity index (χ1) is 8.67. The molecule has 0 aliphatic heterocycles. The molecule has 0 radical (unpaired) electrons. The van der Waals surface area contributed by atoms with E-state index >= 15 is 0 Å².